The van der Waals surface area contributed by atoms with Crippen LogP contribution in [0.3, 0.4) is 0 Å². The maximum atomic E-state index is 13.7. The molecule has 0 aliphatic carbocycles. The molecule has 0 aliphatic heterocycles. The number of rotatable bonds is 9. The largest absolute Gasteiger partial charge is 0.491 e. The van der Waals surface area contributed by atoms with E-state index in [9.17, 15) is 4.39 Å². The smallest absolute Gasteiger partial charge is 0.165 e. The van der Waals surface area contributed by atoms with Gasteiger partial charge in [-0.3, -0.25) is 0 Å². The molecule has 0 unspecified atom stereocenters. The lowest BCUT2D eigenvalue weighted by atomic mass is 10.1. The number of ether oxygens (including phenoxy) is 1. The first kappa shape index (κ1) is 16.0. The fourth-order valence-electron chi connectivity index (χ4n) is 1.98. The first-order chi connectivity index (χ1) is 9.15. The van der Waals surface area contributed by atoms with Crippen LogP contribution in [0.2, 0.25) is 0 Å². The molecule has 0 amide bonds. The summed E-state index contributed by atoms with van der Waals surface area (Å²) >= 11 is 0. The van der Waals surface area contributed by atoms with E-state index in [1.165, 1.54) is 31.7 Å². The van der Waals surface area contributed by atoms with E-state index >= 15 is 0 Å². The fraction of sp³-hybridized carbons (Fsp3) is 0.625. The molecule has 1 aromatic carbocycles. The average Bonchev–Trinajstić information content (AvgIpc) is 2.39. The maximum absolute atomic E-state index is 13.7. The summed E-state index contributed by atoms with van der Waals surface area (Å²) in [5, 5.41) is 0. The molecular weight excluding hydrogens is 241 g/mol. The Morgan fingerprint density at radius 2 is 1.84 bits per heavy atom. The Bertz CT molecular complexity index is 366. The third-order valence-electron chi connectivity index (χ3n) is 3.24. The van der Waals surface area contributed by atoms with E-state index in [-0.39, 0.29) is 11.9 Å². The van der Waals surface area contributed by atoms with Crippen molar-refractivity contribution in [3.05, 3.63) is 29.6 Å². The number of unbranched alkanes of at least 4 members (excludes halogenated alkanes) is 5. The van der Waals surface area contributed by atoms with E-state index < -0.39 is 0 Å². The molecule has 2 nitrogen and oxygen atoms in total. The van der Waals surface area contributed by atoms with Crippen molar-refractivity contribution in [3.8, 4) is 5.75 Å². The van der Waals surface area contributed by atoms with Crippen molar-refractivity contribution in [1.29, 1.82) is 0 Å². The van der Waals surface area contributed by atoms with Crippen molar-refractivity contribution < 1.29 is 9.13 Å². The van der Waals surface area contributed by atoms with Crippen LogP contribution in [-0.4, -0.2) is 6.61 Å². The molecule has 19 heavy (non-hydrogen) atoms. The highest BCUT2D eigenvalue weighted by Gasteiger charge is 2.07. The highest BCUT2D eigenvalue weighted by molar-refractivity contribution is 5.30. The summed E-state index contributed by atoms with van der Waals surface area (Å²) in [4.78, 5) is 0. The van der Waals surface area contributed by atoms with Gasteiger partial charge in [0.25, 0.3) is 0 Å². The number of hydrogen-bond acceptors (Lipinski definition) is 2. The lowest BCUT2D eigenvalue weighted by molar-refractivity contribution is 0.290. The van der Waals surface area contributed by atoms with Crippen molar-refractivity contribution >= 4 is 0 Å². The number of halogens is 1. The summed E-state index contributed by atoms with van der Waals surface area (Å²) in [5.41, 5.74) is 6.50. The SMILES string of the molecule is CCCCCCCCOc1ccc([C@@H](C)N)cc1F. The first-order valence-corrected chi connectivity index (χ1v) is 7.33. The van der Waals surface area contributed by atoms with Crippen LogP contribution in [0.25, 0.3) is 0 Å². The lowest BCUT2D eigenvalue weighted by Gasteiger charge is -2.10. The summed E-state index contributed by atoms with van der Waals surface area (Å²) in [6.07, 6.45) is 7.22. The van der Waals surface area contributed by atoms with Gasteiger partial charge in [0.15, 0.2) is 11.6 Å². The van der Waals surface area contributed by atoms with Gasteiger partial charge in [-0.25, -0.2) is 4.39 Å². The Morgan fingerprint density at radius 1 is 1.16 bits per heavy atom. The summed E-state index contributed by atoms with van der Waals surface area (Å²) in [6.45, 7) is 4.63. The van der Waals surface area contributed by atoms with Gasteiger partial charge in [0.1, 0.15) is 0 Å². The molecule has 0 aliphatic rings. The zero-order chi connectivity index (χ0) is 14.1. The highest BCUT2D eigenvalue weighted by Crippen LogP contribution is 2.21. The van der Waals surface area contributed by atoms with Gasteiger partial charge < -0.3 is 10.5 Å². The molecular formula is C16H26FNO. The minimum absolute atomic E-state index is 0.151. The van der Waals surface area contributed by atoms with Crippen LogP contribution in [0.1, 0.15) is 64.0 Å². The molecule has 1 rings (SSSR count). The summed E-state index contributed by atoms with van der Waals surface area (Å²) in [7, 11) is 0. The first-order valence-electron chi connectivity index (χ1n) is 7.33. The second-order valence-electron chi connectivity index (χ2n) is 5.09. The van der Waals surface area contributed by atoms with Crippen LogP contribution in [0, 0.1) is 5.82 Å². The number of nitrogens with two attached hydrogens (primary N) is 1. The van der Waals surface area contributed by atoms with Gasteiger partial charge in [-0.05, 0) is 31.0 Å². The van der Waals surface area contributed by atoms with Gasteiger partial charge >= 0.3 is 0 Å². The molecule has 0 saturated carbocycles. The quantitative estimate of drug-likeness (QED) is 0.664. The van der Waals surface area contributed by atoms with Crippen LogP contribution in [0.15, 0.2) is 18.2 Å². The Hall–Kier alpha value is -1.09. The van der Waals surface area contributed by atoms with Gasteiger partial charge in [0, 0.05) is 6.04 Å². The van der Waals surface area contributed by atoms with E-state index in [4.69, 9.17) is 10.5 Å². The zero-order valence-corrected chi connectivity index (χ0v) is 12.1. The molecule has 0 bridgehead atoms. The van der Waals surface area contributed by atoms with Gasteiger partial charge in [-0.1, -0.05) is 45.1 Å². The molecule has 108 valence electrons. The van der Waals surface area contributed by atoms with E-state index in [0.717, 1.165) is 18.4 Å². The predicted octanol–water partition coefficient (Wildman–Crippen LogP) is 4.58. The molecule has 0 aromatic heterocycles. The van der Waals surface area contributed by atoms with E-state index in [1.54, 1.807) is 6.07 Å². The Labute approximate surface area is 116 Å². The molecule has 0 saturated heterocycles. The van der Waals surface area contributed by atoms with E-state index in [0.29, 0.717) is 12.4 Å². The molecule has 1 aromatic rings. The normalized spacial score (nSPS) is 12.4. The Kier molecular flexibility index (Phi) is 7.49. The van der Waals surface area contributed by atoms with Crippen molar-refractivity contribution in [3.63, 3.8) is 0 Å². The molecule has 0 spiro atoms. The number of hydrogen-bond donors (Lipinski definition) is 1. The molecule has 3 heteroatoms. The standard InChI is InChI=1S/C16H26FNO/c1-3-4-5-6-7-8-11-19-16-10-9-14(13(2)18)12-15(16)17/h9-10,12-13H,3-8,11,18H2,1-2H3/t13-/m1/s1. The van der Waals surface area contributed by atoms with Crippen LogP contribution >= 0.6 is 0 Å². The summed E-state index contributed by atoms with van der Waals surface area (Å²) in [5.74, 6) is 0.0127. The van der Waals surface area contributed by atoms with Gasteiger partial charge in [0.2, 0.25) is 0 Å². The highest BCUT2D eigenvalue weighted by atomic mass is 19.1. The third kappa shape index (κ3) is 6.06. The minimum Gasteiger partial charge on any atom is -0.491 e. The van der Waals surface area contributed by atoms with Crippen molar-refractivity contribution in [2.75, 3.05) is 6.61 Å². The van der Waals surface area contributed by atoms with E-state index in [1.807, 2.05) is 13.0 Å². The van der Waals surface area contributed by atoms with Crippen LogP contribution in [-0.2, 0) is 0 Å². The van der Waals surface area contributed by atoms with Crippen LogP contribution < -0.4 is 10.5 Å². The van der Waals surface area contributed by atoms with Crippen LogP contribution in [0.4, 0.5) is 4.39 Å². The summed E-state index contributed by atoms with van der Waals surface area (Å²) in [6, 6.07) is 4.80. The Balaban J connectivity index is 2.26. The number of benzene rings is 1. The molecule has 2 N–H and O–H groups in total. The lowest BCUT2D eigenvalue weighted by Crippen LogP contribution is -2.06. The molecule has 0 fully saturated rings. The molecule has 1 atom stereocenters. The third-order valence-corrected chi connectivity index (χ3v) is 3.24. The monoisotopic (exact) mass is 267 g/mol. The van der Waals surface area contributed by atoms with Gasteiger partial charge in [-0.15, -0.1) is 0 Å². The maximum Gasteiger partial charge on any atom is 0.165 e. The fourth-order valence-corrected chi connectivity index (χ4v) is 1.98. The zero-order valence-electron chi connectivity index (χ0n) is 12.1. The van der Waals surface area contributed by atoms with Gasteiger partial charge in [0.05, 0.1) is 6.61 Å². The Morgan fingerprint density at radius 3 is 2.47 bits per heavy atom. The van der Waals surface area contributed by atoms with E-state index in [2.05, 4.69) is 6.92 Å². The van der Waals surface area contributed by atoms with Crippen molar-refractivity contribution in [2.45, 2.75) is 58.4 Å². The average molecular weight is 267 g/mol. The molecule has 0 heterocycles. The topological polar surface area (TPSA) is 35.2 Å². The second-order valence-corrected chi connectivity index (χ2v) is 5.09. The van der Waals surface area contributed by atoms with Crippen LogP contribution in [0.5, 0.6) is 5.75 Å². The van der Waals surface area contributed by atoms with Crippen molar-refractivity contribution in [2.24, 2.45) is 5.73 Å². The van der Waals surface area contributed by atoms with Gasteiger partial charge in [-0.2, -0.15) is 0 Å². The predicted molar refractivity (Wildman–Crippen MR) is 77.9 cm³/mol. The second kappa shape index (κ2) is 8.92. The summed E-state index contributed by atoms with van der Waals surface area (Å²) < 4.78 is 19.2. The minimum atomic E-state index is -0.319. The molecule has 0 radical (unpaired) electrons. The van der Waals surface area contributed by atoms with Crippen molar-refractivity contribution in [1.82, 2.24) is 0 Å².